The van der Waals surface area contributed by atoms with Crippen molar-refractivity contribution in [3.05, 3.63) is 53.6 Å². The lowest BCUT2D eigenvalue weighted by Gasteiger charge is -2.11. The lowest BCUT2D eigenvalue weighted by atomic mass is 10.1. The van der Waals surface area contributed by atoms with Crippen molar-refractivity contribution in [3.8, 4) is 11.5 Å². The summed E-state index contributed by atoms with van der Waals surface area (Å²) in [6, 6.07) is 11.1. The summed E-state index contributed by atoms with van der Waals surface area (Å²) in [6.45, 7) is 0. The zero-order valence-corrected chi connectivity index (χ0v) is 12.7. The summed E-state index contributed by atoms with van der Waals surface area (Å²) in [6.07, 6.45) is 0. The molecule has 1 amide bonds. The van der Waals surface area contributed by atoms with Crippen molar-refractivity contribution in [1.29, 1.82) is 0 Å². The van der Waals surface area contributed by atoms with Crippen LogP contribution in [0.1, 0.15) is 20.7 Å². The van der Waals surface area contributed by atoms with Crippen molar-refractivity contribution in [2.45, 2.75) is 0 Å². The van der Waals surface area contributed by atoms with Crippen LogP contribution in [0.15, 0.2) is 42.5 Å². The van der Waals surface area contributed by atoms with Crippen molar-refractivity contribution in [1.82, 2.24) is 0 Å². The Morgan fingerprint density at radius 1 is 0.957 bits per heavy atom. The third-order valence-electron chi connectivity index (χ3n) is 3.14. The molecular formula is C16H16N2O5. The fourth-order valence-corrected chi connectivity index (χ4v) is 2.04. The van der Waals surface area contributed by atoms with Gasteiger partial charge in [-0.25, -0.2) is 4.79 Å². The second-order valence-electron chi connectivity index (χ2n) is 4.47. The van der Waals surface area contributed by atoms with E-state index in [1.807, 2.05) is 0 Å². The molecule has 2 aromatic rings. The van der Waals surface area contributed by atoms with Gasteiger partial charge in [-0.3, -0.25) is 4.79 Å². The van der Waals surface area contributed by atoms with Gasteiger partial charge < -0.3 is 19.6 Å². The van der Waals surface area contributed by atoms with Gasteiger partial charge in [-0.1, -0.05) is 12.1 Å². The molecule has 120 valence electrons. The Bertz CT molecular complexity index is 730. The summed E-state index contributed by atoms with van der Waals surface area (Å²) >= 11 is 0. The number of anilines is 1. The zero-order chi connectivity index (χ0) is 16.8. The molecule has 7 nitrogen and oxygen atoms in total. The Morgan fingerprint density at radius 2 is 1.61 bits per heavy atom. The number of rotatable bonds is 5. The van der Waals surface area contributed by atoms with Gasteiger partial charge in [-0.15, -0.1) is 0 Å². The monoisotopic (exact) mass is 316 g/mol. The van der Waals surface area contributed by atoms with E-state index in [4.69, 9.17) is 15.4 Å². The van der Waals surface area contributed by atoms with Gasteiger partial charge in [-0.2, -0.15) is 5.90 Å². The van der Waals surface area contributed by atoms with E-state index in [1.54, 1.807) is 30.3 Å². The summed E-state index contributed by atoms with van der Waals surface area (Å²) in [7, 11) is 3.01. The molecule has 7 heteroatoms. The van der Waals surface area contributed by atoms with Crippen LogP contribution >= 0.6 is 0 Å². The number of methoxy groups -OCH3 is 2. The van der Waals surface area contributed by atoms with Gasteiger partial charge >= 0.3 is 5.97 Å². The van der Waals surface area contributed by atoms with Crippen LogP contribution < -0.4 is 20.7 Å². The Hall–Kier alpha value is -3.06. The van der Waals surface area contributed by atoms with Crippen LogP contribution in [0.2, 0.25) is 0 Å². The topological polar surface area (TPSA) is 99.9 Å². The van der Waals surface area contributed by atoms with Crippen LogP contribution in [0.3, 0.4) is 0 Å². The number of carbonyl (C=O) groups is 2. The predicted octanol–water partition coefficient (Wildman–Crippen LogP) is 1.99. The highest BCUT2D eigenvalue weighted by Crippen LogP contribution is 2.30. The van der Waals surface area contributed by atoms with E-state index in [9.17, 15) is 9.59 Å². The highest BCUT2D eigenvalue weighted by molar-refractivity contribution is 6.11. The molecule has 0 atom stereocenters. The van der Waals surface area contributed by atoms with Crippen molar-refractivity contribution in [3.63, 3.8) is 0 Å². The van der Waals surface area contributed by atoms with E-state index in [-0.39, 0.29) is 11.1 Å². The van der Waals surface area contributed by atoms with Gasteiger partial charge in [0.25, 0.3) is 5.91 Å². The molecule has 3 N–H and O–H groups in total. The van der Waals surface area contributed by atoms with Crippen molar-refractivity contribution >= 4 is 17.6 Å². The minimum absolute atomic E-state index is 0.0768. The van der Waals surface area contributed by atoms with E-state index in [2.05, 4.69) is 10.2 Å². The number of ether oxygens (including phenoxy) is 2. The number of nitrogens with two attached hydrogens (primary N) is 1. The lowest BCUT2D eigenvalue weighted by molar-refractivity contribution is 0.0500. The van der Waals surface area contributed by atoms with Crippen LogP contribution in [0.25, 0.3) is 0 Å². The van der Waals surface area contributed by atoms with Gasteiger partial charge in [0.1, 0.15) is 0 Å². The maximum atomic E-state index is 12.4. The number of hydrogen-bond acceptors (Lipinski definition) is 6. The summed E-state index contributed by atoms with van der Waals surface area (Å²) < 4.78 is 10.3. The van der Waals surface area contributed by atoms with E-state index in [0.717, 1.165) is 0 Å². The van der Waals surface area contributed by atoms with Crippen molar-refractivity contribution < 1.29 is 23.9 Å². The number of benzene rings is 2. The minimum Gasteiger partial charge on any atom is -0.493 e. The molecule has 0 saturated heterocycles. The summed E-state index contributed by atoms with van der Waals surface area (Å²) in [5.74, 6) is 4.63. The summed E-state index contributed by atoms with van der Waals surface area (Å²) in [4.78, 5) is 28.2. The predicted molar refractivity (Wildman–Crippen MR) is 83.5 cm³/mol. The first-order chi connectivity index (χ1) is 11.1. The first-order valence-corrected chi connectivity index (χ1v) is 6.64. The average Bonchev–Trinajstić information content (AvgIpc) is 2.60. The second-order valence-corrected chi connectivity index (χ2v) is 4.47. The molecule has 0 saturated carbocycles. The van der Waals surface area contributed by atoms with Crippen LogP contribution in [0, 0.1) is 0 Å². The normalized spacial score (nSPS) is 9.87. The minimum atomic E-state index is -0.789. The Kier molecular flexibility index (Phi) is 5.16. The van der Waals surface area contributed by atoms with Crippen LogP contribution in [-0.4, -0.2) is 26.1 Å². The number of nitrogens with one attached hydrogen (secondary N) is 1. The van der Waals surface area contributed by atoms with Crippen LogP contribution in [0.4, 0.5) is 5.69 Å². The molecule has 0 spiro atoms. The summed E-state index contributed by atoms with van der Waals surface area (Å²) in [5, 5.41) is 2.68. The highest BCUT2D eigenvalue weighted by Gasteiger charge is 2.18. The Balaban J connectivity index is 2.28. The maximum absolute atomic E-state index is 12.4. The molecule has 2 aromatic carbocycles. The fourth-order valence-electron chi connectivity index (χ4n) is 2.04. The molecule has 0 heterocycles. The third kappa shape index (κ3) is 3.58. The van der Waals surface area contributed by atoms with E-state index < -0.39 is 11.9 Å². The number of hydrogen-bond donors (Lipinski definition) is 2. The van der Waals surface area contributed by atoms with Gasteiger partial charge in [0.05, 0.1) is 25.3 Å². The van der Waals surface area contributed by atoms with Crippen molar-refractivity contribution in [2.75, 3.05) is 19.5 Å². The van der Waals surface area contributed by atoms with E-state index >= 15 is 0 Å². The SMILES string of the molecule is COc1ccc(NC(=O)c2ccccc2C(=O)ON)cc1OC. The molecule has 0 bridgehead atoms. The quantitative estimate of drug-likeness (QED) is 0.818. The first kappa shape index (κ1) is 16.3. The first-order valence-electron chi connectivity index (χ1n) is 6.64. The van der Waals surface area contributed by atoms with E-state index in [1.165, 1.54) is 26.4 Å². The molecule has 0 radical (unpaired) electrons. The van der Waals surface area contributed by atoms with Crippen LogP contribution in [0.5, 0.6) is 11.5 Å². The third-order valence-corrected chi connectivity index (χ3v) is 3.14. The Labute approximate surface area is 132 Å². The molecule has 0 aliphatic carbocycles. The van der Waals surface area contributed by atoms with Gasteiger partial charge in [0, 0.05) is 11.8 Å². The lowest BCUT2D eigenvalue weighted by Crippen LogP contribution is -2.19. The van der Waals surface area contributed by atoms with Crippen LogP contribution in [-0.2, 0) is 4.84 Å². The summed E-state index contributed by atoms with van der Waals surface area (Å²) in [5.41, 5.74) is 0.717. The standard InChI is InChI=1S/C16H16N2O5/c1-21-13-8-7-10(9-14(13)22-2)18-15(19)11-5-3-4-6-12(11)16(20)23-17/h3-9H,17H2,1-2H3,(H,18,19). The fraction of sp³-hybridized carbons (Fsp3) is 0.125. The molecule has 2 rings (SSSR count). The number of carbonyl (C=O) groups excluding carboxylic acids is 2. The van der Waals surface area contributed by atoms with Gasteiger partial charge in [0.15, 0.2) is 11.5 Å². The zero-order valence-electron chi connectivity index (χ0n) is 12.7. The number of amides is 1. The van der Waals surface area contributed by atoms with Gasteiger partial charge in [-0.05, 0) is 24.3 Å². The largest absolute Gasteiger partial charge is 0.493 e. The smallest absolute Gasteiger partial charge is 0.357 e. The molecule has 0 fully saturated rings. The molecule has 0 aromatic heterocycles. The maximum Gasteiger partial charge on any atom is 0.357 e. The highest BCUT2D eigenvalue weighted by atomic mass is 16.7. The van der Waals surface area contributed by atoms with Crippen molar-refractivity contribution in [2.24, 2.45) is 5.90 Å². The average molecular weight is 316 g/mol. The molecule has 0 aliphatic rings. The van der Waals surface area contributed by atoms with Gasteiger partial charge in [0.2, 0.25) is 0 Å². The molecular weight excluding hydrogens is 300 g/mol. The molecule has 0 unspecified atom stereocenters. The molecule has 0 aliphatic heterocycles. The van der Waals surface area contributed by atoms with E-state index in [0.29, 0.717) is 17.2 Å². The molecule has 23 heavy (non-hydrogen) atoms. The Morgan fingerprint density at radius 3 is 2.22 bits per heavy atom. The second kappa shape index (κ2) is 7.28.